The Morgan fingerprint density at radius 3 is 2.45 bits per heavy atom. The van der Waals surface area contributed by atoms with Crippen molar-refractivity contribution >= 4 is 38.9 Å². The van der Waals surface area contributed by atoms with Crippen LogP contribution < -0.4 is 10.6 Å². The normalized spacial score (nSPS) is 11.8. The molecule has 0 saturated heterocycles. The van der Waals surface area contributed by atoms with Crippen LogP contribution in [-0.4, -0.2) is 5.11 Å². The lowest BCUT2D eigenvalue weighted by atomic mass is 10.1. The zero-order valence-corrected chi connectivity index (χ0v) is 13.3. The molecule has 0 fully saturated rings. The van der Waals surface area contributed by atoms with Crippen LogP contribution in [-0.2, 0) is 0 Å². The summed E-state index contributed by atoms with van der Waals surface area (Å²) >= 11 is 8.77. The van der Waals surface area contributed by atoms with Crippen LogP contribution >= 0.6 is 28.1 Å². The highest BCUT2D eigenvalue weighted by atomic mass is 79.9. The van der Waals surface area contributed by atoms with Crippen molar-refractivity contribution < 1.29 is 4.39 Å². The zero-order chi connectivity index (χ0) is 14.5. The first-order valence-corrected chi connectivity index (χ1v) is 7.34. The molecule has 0 amide bonds. The minimum atomic E-state index is -0.268. The molecule has 0 saturated carbocycles. The van der Waals surface area contributed by atoms with Crippen molar-refractivity contribution in [2.24, 2.45) is 0 Å². The molecule has 0 heterocycles. The van der Waals surface area contributed by atoms with Crippen LogP contribution in [0.5, 0.6) is 0 Å². The second kappa shape index (κ2) is 6.81. The Bertz CT molecular complexity index is 601. The van der Waals surface area contributed by atoms with Crippen LogP contribution in [0.15, 0.2) is 53.0 Å². The molecule has 0 radical (unpaired) electrons. The predicted octanol–water partition coefficient (Wildman–Crippen LogP) is 4.64. The number of halogens is 2. The van der Waals surface area contributed by atoms with Gasteiger partial charge in [0.15, 0.2) is 5.11 Å². The maximum Gasteiger partial charge on any atom is 0.171 e. The standard InChI is InChI=1S/C15H14BrFN2S/c1-10(13-4-2-3-5-14(13)16)18-15(20)19-12-8-6-11(17)7-9-12/h2-10H,1H3,(H2,18,19,20)/t10-/m0/s1. The van der Waals surface area contributed by atoms with Gasteiger partial charge in [-0.15, -0.1) is 0 Å². The van der Waals surface area contributed by atoms with Gasteiger partial charge in [0.05, 0.1) is 6.04 Å². The largest absolute Gasteiger partial charge is 0.356 e. The fourth-order valence-electron chi connectivity index (χ4n) is 1.80. The van der Waals surface area contributed by atoms with Crippen molar-refractivity contribution in [3.63, 3.8) is 0 Å². The van der Waals surface area contributed by atoms with Crippen LogP contribution in [0.3, 0.4) is 0 Å². The summed E-state index contributed by atoms with van der Waals surface area (Å²) in [7, 11) is 0. The van der Waals surface area contributed by atoms with Gasteiger partial charge in [-0.1, -0.05) is 34.1 Å². The third kappa shape index (κ3) is 4.02. The van der Waals surface area contributed by atoms with Gasteiger partial charge in [-0.05, 0) is 55.0 Å². The topological polar surface area (TPSA) is 24.1 Å². The molecular formula is C15H14BrFN2S. The van der Waals surface area contributed by atoms with Crippen molar-refractivity contribution in [2.45, 2.75) is 13.0 Å². The number of rotatable bonds is 3. The highest BCUT2D eigenvalue weighted by Gasteiger charge is 2.09. The molecular weight excluding hydrogens is 339 g/mol. The Hall–Kier alpha value is -1.46. The third-order valence-corrected chi connectivity index (χ3v) is 3.76. The number of benzene rings is 2. The number of nitrogens with one attached hydrogen (secondary N) is 2. The quantitative estimate of drug-likeness (QED) is 0.787. The van der Waals surface area contributed by atoms with E-state index in [0.29, 0.717) is 5.11 Å². The highest BCUT2D eigenvalue weighted by Crippen LogP contribution is 2.22. The summed E-state index contributed by atoms with van der Waals surface area (Å²) in [6.07, 6.45) is 0. The minimum absolute atomic E-state index is 0.0611. The summed E-state index contributed by atoms with van der Waals surface area (Å²) in [6, 6.07) is 14.1. The van der Waals surface area contributed by atoms with E-state index in [2.05, 4.69) is 26.6 Å². The van der Waals surface area contributed by atoms with Gasteiger partial charge in [0.2, 0.25) is 0 Å². The number of anilines is 1. The molecule has 0 aromatic heterocycles. The number of hydrogen-bond acceptors (Lipinski definition) is 1. The van der Waals surface area contributed by atoms with Gasteiger partial charge in [0, 0.05) is 10.2 Å². The Balaban J connectivity index is 1.98. The molecule has 0 unspecified atom stereocenters. The van der Waals surface area contributed by atoms with Crippen molar-refractivity contribution in [3.8, 4) is 0 Å². The maximum absolute atomic E-state index is 12.8. The fourth-order valence-corrected chi connectivity index (χ4v) is 2.72. The van der Waals surface area contributed by atoms with Gasteiger partial charge in [-0.2, -0.15) is 0 Å². The first kappa shape index (κ1) is 14.9. The smallest absolute Gasteiger partial charge is 0.171 e. The Kier molecular flexibility index (Phi) is 5.09. The summed E-state index contributed by atoms with van der Waals surface area (Å²) in [4.78, 5) is 0. The Labute approximate surface area is 131 Å². The van der Waals surface area contributed by atoms with E-state index in [9.17, 15) is 4.39 Å². The van der Waals surface area contributed by atoms with Crippen LogP contribution in [0.4, 0.5) is 10.1 Å². The Morgan fingerprint density at radius 1 is 1.15 bits per heavy atom. The van der Waals surface area contributed by atoms with E-state index >= 15 is 0 Å². The van der Waals surface area contributed by atoms with E-state index in [1.54, 1.807) is 12.1 Å². The van der Waals surface area contributed by atoms with Gasteiger partial charge in [0.25, 0.3) is 0 Å². The Morgan fingerprint density at radius 2 is 1.80 bits per heavy atom. The van der Waals surface area contributed by atoms with Crippen LogP contribution in [0.1, 0.15) is 18.5 Å². The van der Waals surface area contributed by atoms with Gasteiger partial charge in [-0.25, -0.2) is 4.39 Å². The number of thiocarbonyl (C=S) groups is 1. The van der Waals surface area contributed by atoms with E-state index in [1.165, 1.54) is 12.1 Å². The average Bonchev–Trinajstić information content (AvgIpc) is 2.41. The fraction of sp³-hybridized carbons (Fsp3) is 0.133. The molecule has 2 aromatic carbocycles. The maximum atomic E-state index is 12.8. The SMILES string of the molecule is C[C@H](NC(=S)Nc1ccc(F)cc1)c1ccccc1Br. The van der Waals surface area contributed by atoms with Crippen molar-refractivity contribution in [2.75, 3.05) is 5.32 Å². The first-order chi connectivity index (χ1) is 9.56. The van der Waals surface area contributed by atoms with E-state index in [-0.39, 0.29) is 11.9 Å². The molecule has 20 heavy (non-hydrogen) atoms. The summed E-state index contributed by atoms with van der Waals surface area (Å²) in [6.45, 7) is 2.03. The molecule has 0 aliphatic rings. The van der Waals surface area contributed by atoms with E-state index in [4.69, 9.17) is 12.2 Å². The molecule has 1 atom stereocenters. The molecule has 5 heteroatoms. The first-order valence-electron chi connectivity index (χ1n) is 6.14. The van der Waals surface area contributed by atoms with Crippen LogP contribution in [0, 0.1) is 5.82 Å². The minimum Gasteiger partial charge on any atom is -0.356 e. The zero-order valence-electron chi connectivity index (χ0n) is 10.9. The lowest BCUT2D eigenvalue weighted by Crippen LogP contribution is -2.31. The second-order valence-corrected chi connectivity index (χ2v) is 5.61. The molecule has 0 aliphatic heterocycles. The lowest BCUT2D eigenvalue weighted by Gasteiger charge is -2.18. The van der Waals surface area contributed by atoms with E-state index in [1.807, 2.05) is 31.2 Å². The summed E-state index contributed by atoms with van der Waals surface area (Å²) < 4.78 is 13.9. The van der Waals surface area contributed by atoms with E-state index in [0.717, 1.165) is 15.7 Å². The molecule has 2 rings (SSSR count). The van der Waals surface area contributed by atoms with Crippen LogP contribution in [0.25, 0.3) is 0 Å². The van der Waals surface area contributed by atoms with Gasteiger partial charge < -0.3 is 10.6 Å². The predicted molar refractivity (Wildman–Crippen MR) is 88.3 cm³/mol. The van der Waals surface area contributed by atoms with Crippen molar-refractivity contribution in [1.82, 2.24) is 5.32 Å². The molecule has 0 aliphatic carbocycles. The molecule has 2 N–H and O–H groups in total. The molecule has 0 spiro atoms. The van der Waals surface area contributed by atoms with E-state index < -0.39 is 0 Å². The third-order valence-electron chi connectivity index (χ3n) is 2.82. The van der Waals surface area contributed by atoms with Crippen molar-refractivity contribution in [1.29, 1.82) is 0 Å². The monoisotopic (exact) mass is 352 g/mol. The second-order valence-electron chi connectivity index (χ2n) is 4.35. The summed E-state index contributed by atoms with van der Waals surface area (Å²) in [5, 5.41) is 6.72. The average molecular weight is 353 g/mol. The summed E-state index contributed by atoms with van der Waals surface area (Å²) in [5.74, 6) is -0.268. The lowest BCUT2D eigenvalue weighted by molar-refractivity contribution is 0.628. The van der Waals surface area contributed by atoms with Gasteiger partial charge in [0.1, 0.15) is 5.82 Å². The highest BCUT2D eigenvalue weighted by molar-refractivity contribution is 9.10. The van der Waals surface area contributed by atoms with Gasteiger partial charge in [-0.3, -0.25) is 0 Å². The van der Waals surface area contributed by atoms with Gasteiger partial charge >= 0.3 is 0 Å². The van der Waals surface area contributed by atoms with Crippen LogP contribution in [0.2, 0.25) is 0 Å². The summed E-state index contributed by atoms with van der Waals surface area (Å²) in [5.41, 5.74) is 1.87. The molecule has 104 valence electrons. The molecule has 2 aromatic rings. The molecule has 2 nitrogen and oxygen atoms in total. The van der Waals surface area contributed by atoms with Crippen molar-refractivity contribution in [3.05, 3.63) is 64.4 Å². The number of hydrogen-bond donors (Lipinski definition) is 2. The molecule has 0 bridgehead atoms.